The Hall–Kier alpha value is -1.51. The van der Waals surface area contributed by atoms with E-state index >= 15 is 0 Å². The second-order valence-corrected chi connectivity index (χ2v) is 15.1. The number of nitrogens with one attached hydrogen (secondary N) is 1. The fourth-order valence-corrected chi connectivity index (χ4v) is 6.28. The number of carbonyl (C=O) groups excluding carboxylic acids is 2. The van der Waals surface area contributed by atoms with Gasteiger partial charge >= 0.3 is 13.8 Å². The Labute approximate surface area is 306 Å². The van der Waals surface area contributed by atoms with Crippen LogP contribution in [-0.2, 0) is 27.9 Å². The van der Waals surface area contributed by atoms with Gasteiger partial charge in [0, 0.05) is 19.4 Å². The van der Waals surface area contributed by atoms with Crippen LogP contribution in [0.1, 0.15) is 187 Å². The minimum atomic E-state index is -4.40. The fourth-order valence-electron chi connectivity index (χ4n) is 5.53. The van der Waals surface area contributed by atoms with Crippen molar-refractivity contribution in [1.82, 2.24) is 5.32 Å². The summed E-state index contributed by atoms with van der Waals surface area (Å²) in [5.41, 5.74) is 0. The summed E-state index contributed by atoms with van der Waals surface area (Å²) in [5, 5.41) is 12.6. The first-order valence-corrected chi connectivity index (χ1v) is 21.8. The molecule has 0 fully saturated rings. The van der Waals surface area contributed by atoms with Gasteiger partial charge in [-0.15, -0.1) is 0 Å². The smallest absolute Gasteiger partial charge is 0.463 e. The van der Waals surface area contributed by atoms with E-state index in [-0.39, 0.29) is 32.1 Å². The predicted octanol–water partition coefficient (Wildman–Crippen LogP) is 10.8. The molecule has 1 amide bonds. The Morgan fingerprint density at radius 3 is 1.64 bits per heavy atom. The van der Waals surface area contributed by atoms with E-state index in [0.29, 0.717) is 6.42 Å². The van der Waals surface area contributed by atoms with E-state index in [1.54, 1.807) is 0 Å². The summed E-state index contributed by atoms with van der Waals surface area (Å²) in [6.07, 6.45) is 38.6. The first-order valence-electron chi connectivity index (χ1n) is 20.3. The molecular weight excluding hydrogens is 653 g/mol. The SMILES string of the molecule is CCCCC/C=C\C/C=C\CCCCCCCCCCCCCCCC(=O)OCC(O)COP(=O)(O)OCCNC(=O)CCCCCCCC. The highest BCUT2D eigenvalue weighted by Crippen LogP contribution is 2.42. The molecule has 0 saturated heterocycles. The lowest BCUT2D eigenvalue weighted by atomic mass is 10.0. The van der Waals surface area contributed by atoms with Crippen LogP contribution in [0, 0.1) is 0 Å². The van der Waals surface area contributed by atoms with Gasteiger partial charge in [-0.1, -0.05) is 154 Å². The van der Waals surface area contributed by atoms with Crippen molar-refractivity contribution in [3.63, 3.8) is 0 Å². The number of rotatable bonds is 38. The number of aliphatic hydroxyl groups excluding tert-OH is 1. The second-order valence-electron chi connectivity index (χ2n) is 13.6. The molecule has 0 aliphatic heterocycles. The summed E-state index contributed by atoms with van der Waals surface area (Å²) in [6.45, 7) is 3.46. The lowest BCUT2D eigenvalue weighted by Crippen LogP contribution is -2.27. The molecule has 0 aromatic carbocycles. The molecule has 0 heterocycles. The Morgan fingerprint density at radius 1 is 0.620 bits per heavy atom. The third-order valence-corrected chi connectivity index (χ3v) is 9.62. The molecule has 9 nitrogen and oxygen atoms in total. The Morgan fingerprint density at radius 2 is 1.08 bits per heavy atom. The maximum Gasteiger partial charge on any atom is 0.472 e. The van der Waals surface area contributed by atoms with Gasteiger partial charge in [-0.2, -0.15) is 0 Å². The van der Waals surface area contributed by atoms with Gasteiger partial charge in [0.05, 0.1) is 13.2 Å². The molecule has 2 unspecified atom stereocenters. The topological polar surface area (TPSA) is 131 Å². The molecule has 0 aromatic rings. The number of ether oxygens (including phenoxy) is 1. The molecule has 10 heteroatoms. The van der Waals surface area contributed by atoms with Crippen molar-refractivity contribution in [2.45, 2.75) is 193 Å². The zero-order valence-electron chi connectivity index (χ0n) is 32.1. The van der Waals surface area contributed by atoms with Gasteiger partial charge in [0.1, 0.15) is 12.7 Å². The molecule has 0 radical (unpaired) electrons. The average molecular weight is 730 g/mol. The van der Waals surface area contributed by atoms with Crippen molar-refractivity contribution in [2.75, 3.05) is 26.4 Å². The van der Waals surface area contributed by atoms with Crippen LogP contribution >= 0.6 is 7.82 Å². The van der Waals surface area contributed by atoms with E-state index in [1.165, 1.54) is 116 Å². The summed E-state index contributed by atoms with van der Waals surface area (Å²) >= 11 is 0. The minimum Gasteiger partial charge on any atom is -0.463 e. The van der Waals surface area contributed by atoms with Crippen molar-refractivity contribution in [3.05, 3.63) is 24.3 Å². The van der Waals surface area contributed by atoms with E-state index in [4.69, 9.17) is 13.8 Å². The van der Waals surface area contributed by atoms with Gasteiger partial charge in [0.2, 0.25) is 5.91 Å². The van der Waals surface area contributed by atoms with Crippen molar-refractivity contribution in [3.8, 4) is 0 Å². The number of phosphoric ester groups is 1. The van der Waals surface area contributed by atoms with Crippen LogP contribution in [0.5, 0.6) is 0 Å². The maximum absolute atomic E-state index is 12.0. The summed E-state index contributed by atoms with van der Waals surface area (Å²) in [5.74, 6) is -0.523. The number of esters is 1. The predicted molar refractivity (Wildman–Crippen MR) is 206 cm³/mol. The second kappa shape index (κ2) is 37.3. The normalized spacial score (nSPS) is 13.6. The highest BCUT2D eigenvalue weighted by Gasteiger charge is 2.23. The molecule has 0 saturated carbocycles. The number of hydrogen-bond acceptors (Lipinski definition) is 7. The van der Waals surface area contributed by atoms with Crippen LogP contribution in [0.25, 0.3) is 0 Å². The molecular formula is C40H76NO8P. The molecule has 0 aliphatic rings. The van der Waals surface area contributed by atoms with Crippen LogP contribution in [0.15, 0.2) is 24.3 Å². The molecule has 50 heavy (non-hydrogen) atoms. The molecule has 0 aromatic heterocycles. The van der Waals surface area contributed by atoms with Gasteiger partial charge in [-0.3, -0.25) is 18.6 Å². The summed E-state index contributed by atoms with van der Waals surface area (Å²) in [6, 6.07) is 0. The molecule has 2 atom stereocenters. The molecule has 3 N–H and O–H groups in total. The third kappa shape index (κ3) is 37.7. The van der Waals surface area contributed by atoms with Crippen molar-refractivity contribution >= 4 is 19.7 Å². The average Bonchev–Trinajstić information content (AvgIpc) is 3.10. The van der Waals surface area contributed by atoms with Crippen LogP contribution < -0.4 is 5.32 Å². The van der Waals surface area contributed by atoms with E-state index in [2.05, 4.69) is 43.5 Å². The number of phosphoric acid groups is 1. The van der Waals surface area contributed by atoms with Gasteiger partial charge in [0.25, 0.3) is 0 Å². The Kier molecular flexibility index (Phi) is 36.1. The number of aliphatic hydroxyl groups is 1. The van der Waals surface area contributed by atoms with E-state index < -0.39 is 26.5 Å². The zero-order valence-corrected chi connectivity index (χ0v) is 33.0. The summed E-state index contributed by atoms with van der Waals surface area (Å²) in [4.78, 5) is 33.6. The van der Waals surface area contributed by atoms with Crippen LogP contribution in [0.2, 0.25) is 0 Å². The standard InChI is InChI=1S/C40H76NO8P/c1-3-5-7-9-11-12-13-14-15-16-17-18-19-20-21-22-23-24-25-26-27-29-31-33-40(44)47-36-38(42)37-49-50(45,46)48-35-34-41-39(43)32-30-28-10-8-6-4-2/h11-12,14-15,38,42H,3-10,13,16-37H2,1-2H3,(H,41,43)(H,45,46)/b12-11-,15-14-. The maximum atomic E-state index is 12.0. The van der Waals surface area contributed by atoms with E-state index in [9.17, 15) is 24.2 Å². The van der Waals surface area contributed by atoms with Gasteiger partial charge in [-0.05, 0) is 44.9 Å². The number of carbonyl (C=O) groups is 2. The van der Waals surface area contributed by atoms with Crippen molar-refractivity contribution in [2.24, 2.45) is 0 Å². The molecule has 0 rings (SSSR count). The highest BCUT2D eigenvalue weighted by molar-refractivity contribution is 7.47. The monoisotopic (exact) mass is 730 g/mol. The molecule has 294 valence electrons. The zero-order chi connectivity index (χ0) is 36.8. The molecule has 0 aliphatic carbocycles. The van der Waals surface area contributed by atoms with Crippen LogP contribution in [0.3, 0.4) is 0 Å². The van der Waals surface area contributed by atoms with E-state index in [1.807, 2.05) is 0 Å². The fraction of sp³-hybridized carbons (Fsp3) is 0.850. The summed E-state index contributed by atoms with van der Waals surface area (Å²) in [7, 11) is -4.40. The lowest BCUT2D eigenvalue weighted by Gasteiger charge is -2.15. The van der Waals surface area contributed by atoms with Crippen molar-refractivity contribution < 1.29 is 37.9 Å². The van der Waals surface area contributed by atoms with Crippen LogP contribution in [-0.4, -0.2) is 54.3 Å². The largest absolute Gasteiger partial charge is 0.472 e. The molecule has 0 bridgehead atoms. The Bertz CT molecular complexity index is 881. The van der Waals surface area contributed by atoms with E-state index in [0.717, 1.165) is 44.9 Å². The first kappa shape index (κ1) is 48.5. The Balaban J connectivity index is 3.53. The van der Waals surface area contributed by atoms with Crippen LogP contribution in [0.4, 0.5) is 0 Å². The number of allylic oxidation sites excluding steroid dienone is 4. The highest BCUT2D eigenvalue weighted by atomic mass is 31.2. The molecule has 0 spiro atoms. The first-order chi connectivity index (χ1) is 24.3. The van der Waals surface area contributed by atoms with Crippen molar-refractivity contribution in [1.29, 1.82) is 0 Å². The van der Waals surface area contributed by atoms with Gasteiger partial charge in [-0.25, -0.2) is 4.57 Å². The number of hydrogen-bond donors (Lipinski definition) is 3. The van der Waals surface area contributed by atoms with Gasteiger partial charge in [0.15, 0.2) is 0 Å². The summed E-state index contributed by atoms with van der Waals surface area (Å²) < 4.78 is 26.7. The number of unbranched alkanes of at least 4 members (excludes halogenated alkanes) is 21. The lowest BCUT2D eigenvalue weighted by molar-refractivity contribution is -0.147. The number of amides is 1. The van der Waals surface area contributed by atoms with Gasteiger partial charge < -0.3 is 20.1 Å². The quantitative estimate of drug-likeness (QED) is 0.0248. The minimum absolute atomic E-state index is 0.0831. The third-order valence-electron chi connectivity index (χ3n) is 8.63.